The Morgan fingerprint density at radius 3 is 2.64 bits per heavy atom. The molecular formula is C23H19N5. The molecule has 0 aliphatic rings. The lowest BCUT2D eigenvalue weighted by Gasteiger charge is -2.09. The standard InChI is InChI=1S/C23H19N5/c1-16-9-17(12-24)7-8-22(16)19-10-20(14-25-13-19)26-15-21-11-23(28-27-21)18-5-3-2-4-6-18/h2-11,13-14,26H,15H2,1H3,(H,27,28). The number of benzene rings is 2. The van der Waals surface area contributed by atoms with Gasteiger partial charge in [0.2, 0.25) is 0 Å². The van der Waals surface area contributed by atoms with Gasteiger partial charge in [-0.15, -0.1) is 0 Å². The van der Waals surface area contributed by atoms with Gasteiger partial charge in [-0.2, -0.15) is 10.4 Å². The number of nitriles is 1. The molecular weight excluding hydrogens is 346 g/mol. The lowest BCUT2D eigenvalue weighted by molar-refractivity contribution is 0.982. The molecule has 4 rings (SSSR count). The van der Waals surface area contributed by atoms with Crippen LogP contribution in [0.15, 0.2) is 73.1 Å². The average molecular weight is 365 g/mol. The summed E-state index contributed by atoms with van der Waals surface area (Å²) in [5.74, 6) is 0. The van der Waals surface area contributed by atoms with E-state index in [1.165, 1.54) is 0 Å². The van der Waals surface area contributed by atoms with Crippen LogP contribution in [0.25, 0.3) is 22.4 Å². The number of hydrogen-bond donors (Lipinski definition) is 2. The van der Waals surface area contributed by atoms with Gasteiger partial charge >= 0.3 is 0 Å². The van der Waals surface area contributed by atoms with Crippen molar-refractivity contribution in [3.63, 3.8) is 0 Å². The van der Waals surface area contributed by atoms with Crippen LogP contribution in [0.1, 0.15) is 16.8 Å². The average Bonchev–Trinajstić information content (AvgIpc) is 3.22. The molecule has 2 aromatic carbocycles. The quantitative estimate of drug-likeness (QED) is 0.526. The normalized spacial score (nSPS) is 10.4. The number of aryl methyl sites for hydroxylation is 1. The van der Waals surface area contributed by atoms with E-state index < -0.39 is 0 Å². The third-order valence-corrected chi connectivity index (χ3v) is 4.59. The van der Waals surface area contributed by atoms with Gasteiger partial charge in [0.1, 0.15) is 0 Å². The smallest absolute Gasteiger partial charge is 0.0991 e. The van der Waals surface area contributed by atoms with E-state index in [0.29, 0.717) is 12.1 Å². The fourth-order valence-corrected chi connectivity index (χ4v) is 3.15. The molecule has 5 nitrogen and oxygen atoms in total. The highest BCUT2D eigenvalue weighted by Gasteiger charge is 2.06. The summed E-state index contributed by atoms with van der Waals surface area (Å²) >= 11 is 0. The second-order valence-corrected chi connectivity index (χ2v) is 6.60. The van der Waals surface area contributed by atoms with E-state index in [4.69, 9.17) is 5.26 Å². The number of aromatic amines is 1. The van der Waals surface area contributed by atoms with Gasteiger partial charge in [-0.25, -0.2) is 0 Å². The van der Waals surface area contributed by atoms with Gasteiger partial charge in [0.25, 0.3) is 0 Å². The first-order valence-corrected chi connectivity index (χ1v) is 9.03. The van der Waals surface area contributed by atoms with Crippen molar-refractivity contribution >= 4 is 5.69 Å². The molecule has 28 heavy (non-hydrogen) atoms. The third-order valence-electron chi connectivity index (χ3n) is 4.59. The first-order chi connectivity index (χ1) is 13.7. The van der Waals surface area contributed by atoms with Crippen LogP contribution in [0.5, 0.6) is 0 Å². The van der Waals surface area contributed by atoms with Crippen molar-refractivity contribution in [1.29, 1.82) is 5.26 Å². The largest absolute Gasteiger partial charge is 0.378 e. The van der Waals surface area contributed by atoms with E-state index in [9.17, 15) is 0 Å². The molecule has 2 N–H and O–H groups in total. The number of pyridine rings is 1. The van der Waals surface area contributed by atoms with Crippen molar-refractivity contribution in [3.8, 4) is 28.5 Å². The second-order valence-electron chi connectivity index (χ2n) is 6.60. The van der Waals surface area contributed by atoms with Gasteiger partial charge in [-0.05, 0) is 47.9 Å². The maximum Gasteiger partial charge on any atom is 0.0991 e. The van der Waals surface area contributed by atoms with Crippen LogP contribution < -0.4 is 5.32 Å². The van der Waals surface area contributed by atoms with Crippen LogP contribution in [0.2, 0.25) is 0 Å². The Bertz CT molecular complexity index is 1140. The van der Waals surface area contributed by atoms with Crippen molar-refractivity contribution in [1.82, 2.24) is 15.2 Å². The van der Waals surface area contributed by atoms with Gasteiger partial charge in [0, 0.05) is 18.0 Å². The van der Waals surface area contributed by atoms with Crippen LogP contribution in [0.3, 0.4) is 0 Å². The Balaban J connectivity index is 1.49. The van der Waals surface area contributed by atoms with Gasteiger partial charge in [0.05, 0.1) is 35.3 Å². The summed E-state index contributed by atoms with van der Waals surface area (Å²) < 4.78 is 0. The minimum absolute atomic E-state index is 0.598. The predicted octanol–water partition coefficient (Wildman–Crippen LogP) is 4.93. The van der Waals surface area contributed by atoms with E-state index >= 15 is 0 Å². The number of H-pyrrole nitrogens is 1. The molecule has 2 aromatic heterocycles. The molecule has 136 valence electrons. The second kappa shape index (κ2) is 7.77. The minimum atomic E-state index is 0.598. The molecule has 5 heteroatoms. The van der Waals surface area contributed by atoms with Gasteiger partial charge < -0.3 is 5.32 Å². The van der Waals surface area contributed by atoms with Crippen molar-refractivity contribution in [2.24, 2.45) is 0 Å². The minimum Gasteiger partial charge on any atom is -0.378 e. The third kappa shape index (κ3) is 3.76. The van der Waals surface area contributed by atoms with Crippen LogP contribution >= 0.6 is 0 Å². The monoisotopic (exact) mass is 365 g/mol. The van der Waals surface area contributed by atoms with E-state index in [0.717, 1.165) is 39.3 Å². The molecule has 0 aliphatic carbocycles. The van der Waals surface area contributed by atoms with Gasteiger partial charge in [-0.1, -0.05) is 36.4 Å². The molecule has 0 amide bonds. The van der Waals surface area contributed by atoms with Gasteiger partial charge in [-0.3, -0.25) is 10.1 Å². The Morgan fingerprint density at radius 1 is 1.00 bits per heavy atom. The maximum atomic E-state index is 9.04. The summed E-state index contributed by atoms with van der Waals surface area (Å²) in [5, 5.41) is 19.9. The molecule has 0 saturated carbocycles. The molecule has 0 saturated heterocycles. The molecule has 0 unspecified atom stereocenters. The molecule has 2 heterocycles. The SMILES string of the molecule is Cc1cc(C#N)ccc1-c1cncc(NCc2cc(-c3ccccc3)[nH]n2)c1. The summed E-state index contributed by atoms with van der Waals surface area (Å²) in [4.78, 5) is 4.35. The zero-order valence-corrected chi connectivity index (χ0v) is 15.5. The van der Waals surface area contributed by atoms with Gasteiger partial charge in [0.15, 0.2) is 0 Å². The fourth-order valence-electron chi connectivity index (χ4n) is 3.15. The summed E-state index contributed by atoms with van der Waals surface area (Å²) in [6, 6.07) is 22.1. The van der Waals surface area contributed by atoms with Crippen molar-refractivity contribution < 1.29 is 0 Å². The Hall–Kier alpha value is -3.91. The molecule has 0 spiro atoms. The van der Waals surface area contributed by atoms with Crippen LogP contribution in [0, 0.1) is 18.3 Å². The Morgan fingerprint density at radius 2 is 1.86 bits per heavy atom. The fraction of sp³-hybridized carbons (Fsp3) is 0.0870. The molecule has 0 bridgehead atoms. The van der Waals surface area contributed by atoms with E-state index in [-0.39, 0.29) is 0 Å². The number of aromatic nitrogens is 3. The number of rotatable bonds is 5. The van der Waals surface area contributed by atoms with E-state index in [1.807, 2.05) is 55.6 Å². The highest BCUT2D eigenvalue weighted by molar-refractivity contribution is 5.70. The molecule has 4 aromatic rings. The molecule has 0 atom stereocenters. The summed E-state index contributed by atoms with van der Waals surface area (Å²) in [6.45, 7) is 2.60. The number of anilines is 1. The van der Waals surface area contributed by atoms with E-state index in [2.05, 4.69) is 44.8 Å². The first kappa shape index (κ1) is 17.5. The highest BCUT2D eigenvalue weighted by atomic mass is 15.1. The van der Waals surface area contributed by atoms with Crippen LogP contribution in [-0.4, -0.2) is 15.2 Å². The lowest BCUT2D eigenvalue weighted by Crippen LogP contribution is -2.00. The Labute approximate surface area is 163 Å². The number of nitrogens with one attached hydrogen (secondary N) is 2. The molecule has 0 radical (unpaired) electrons. The van der Waals surface area contributed by atoms with Crippen molar-refractivity contribution in [2.75, 3.05) is 5.32 Å². The predicted molar refractivity (Wildman–Crippen MR) is 110 cm³/mol. The lowest BCUT2D eigenvalue weighted by atomic mass is 10.00. The van der Waals surface area contributed by atoms with Crippen LogP contribution in [-0.2, 0) is 6.54 Å². The zero-order chi connectivity index (χ0) is 19.3. The van der Waals surface area contributed by atoms with E-state index in [1.54, 1.807) is 6.20 Å². The summed E-state index contributed by atoms with van der Waals surface area (Å²) in [5.41, 5.74) is 7.76. The molecule has 0 aliphatic heterocycles. The zero-order valence-electron chi connectivity index (χ0n) is 15.5. The maximum absolute atomic E-state index is 9.04. The summed E-state index contributed by atoms with van der Waals surface area (Å²) in [6.07, 6.45) is 3.63. The number of nitrogens with zero attached hydrogens (tertiary/aromatic N) is 3. The van der Waals surface area contributed by atoms with Crippen LogP contribution in [0.4, 0.5) is 5.69 Å². The number of hydrogen-bond acceptors (Lipinski definition) is 4. The first-order valence-electron chi connectivity index (χ1n) is 9.03. The Kier molecular flexibility index (Phi) is 4.85. The topological polar surface area (TPSA) is 77.4 Å². The highest BCUT2D eigenvalue weighted by Crippen LogP contribution is 2.26. The summed E-state index contributed by atoms with van der Waals surface area (Å²) in [7, 11) is 0. The van der Waals surface area contributed by atoms with Crippen molar-refractivity contribution in [2.45, 2.75) is 13.5 Å². The molecule has 0 fully saturated rings. The van der Waals surface area contributed by atoms with Crippen molar-refractivity contribution in [3.05, 3.63) is 89.9 Å².